The van der Waals surface area contributed by atoms with Crippen molar-refractivity contribution in [2.24, 2.45) is 5.92 Å². The molecule has 0 unspecified atom stereocenters. The molecule has 0 aliphatic rings. The van der Waals surface area contributed by atoms with Crippen molar-refractivity contribution in [1.82, 2.24) is 14.8 Å². The van der Waals surface area contributed by atoms with Crippen LogP contribution in [0.15, 0.2) is 24.5 Å². The quantitative estimate of drug-likeness (QED) is 0.815. The number of benzene rings is 1. The molecule has 1 heterocycles. The number of hydrogen-bond donors (Lipinski definition) is 0. The molecule has 0 N–H and O–H groups in total. The first-order valence-corrected chi connectivity index (χ1v) is 5.72. The Balaban J connectivity index is 2.39. The molecule has 2 aromatic rings. The summed E-state index contributed by atoms with van der Waals surface area (Å²) in [4.78, 5) is 0. The monoisotopic (exact) mass is 233 g/mol. The van der Waals surface area contributed by atoms with Crippen LogP contribution in [-0.4, -0.2) is 14.8 Å². The molecule has 0 atom stereocenters. The molecule has 0 fully saturated rings. The molecule has 0 aliphatic heterocycles. The maximum Gasteiger partial charge on any atom is 0.163 e. The van der Waals surface area contributed by atoms with E-state index >= 15 is 0 Å². The normalized spacial score (nSPS) is 11.1. The van der Waals surface area contributed by atoms with E-state index < -0.39 is 0 Å². The van der Waals surface area contributed by atoms with Crippen LogP contribution in [0, 0.1) is 18.7 Å². The Kier molecular flexibility index (Phi) is 3.22. The maximum atomic E-state index is 13.2. The van der Waals surface area contributed by atoms with Gasteiger partial charge < -0.3 is 4.57 Å². The predicted molar refractivity (Wildman–Crippen MR) is 65.0 cm³/mol. The molecule has 1 aromatic heterocycles. The van der Waals surface area contributed by atoms with Gasteiger partial charge in [-0.2, -0.15) is 0 Å². The van der Waals surface area contributed by atoms with Gasteiger partial charge in [0.15, 0.2) is 5.82 Å². The van der Waals surface area contributed by atoms with Gasteiger partial charge in [-0.1, -0.05) is 13.8 Å². The van der Waals surface area contributed by atoms with E-state index in [-0.39, 0.29) is 5.82 Å². The van der Waals surface area contributed by atoms with Crippen molar-refractivity contribution in [3.05, 3.63) is 35.9 Å². The van der Waals surface area contributed by atoms with Crippen LogP contribution in [0.3, 0.4) is 0 Å². The zero-order valence-electron chi connectivity index (χ0n) is 10.3. The van der Waals surface area contributed by atoms with Gasteiger partial charge in [0.25, 0.3) is 0 Å². The molecule has 0 aliphatic carbocycles. The van der Waals surface area contributed by atoms with Crippen LogP contribution in [0.1, 0.15) is 19.4 Å². The molecule has 0 amide bonds. The standard InChI is InChI=1S/C13H16FN3/c1-9(2)7-17-8-15-16-13(17)11-4-5-12(14)10(3)6-11/h4-6,8-9H,7H2,1-3H3. The number of hydrogen-bond acceptors (Lipinski definition) is 2. The first kappa shape index (κ1) is 11.8. The average Bonchev–Trinajstić information content (AvgIpc) is 2.69. The van der Waals surface area contributed by atoms with Gasteiger partial charge in [-0.25, -0.2) is 4.39 Å². The lowest BCUT2D eigenvalue weighted by Crippen LogP contribution is -2.05. The van der Waals surface area contributed by atoms with E-state index in [0.717, 1.165) is 17.9 Å². The summed E-state index contributed by atoms with van der Waals surface area (Å²) in [5.74, 6) is 1.12. The highest BCUT2D eigenvalue weighted by molar-refractivity contribution is 5.56. The van der Waals surface area contributed by atoms with E-state index in [1.54, 1.807) is 25.4 Å². The molecule has 17 heavy (non-hydrogen) atoms. The Morgan fingerprint density at radius 3 is 2.76 bits per heavy atom. The third kappa shape index (κ3) is 2.52. The summed E-state index contributed by atoms with van der Waals surface area (Å²) < 4.78 is 15.2. The Morgan fingerprint density at radius 1 is 1.35 bits per heavy atom. The Bertz CT molecular complexity index is 517. The van der Waals surface area contributed by atoms with Crippen LogP contribution in [0.2, 0.25) is 0 Å². The Hall–Kier alpha value is -1.71. The van der Waals surface area contributed by atoms with Crippen LogP contribution in [0.4, 0.5) is 4.39 Å². The van der Waals surface area contributed by atoms with E-state index in [4.69, 9.17) is 0 Å². The minimum atomic E-state index is -0.191. The first-order valence-electron chi connectivity index (χ1n) is 5.72. The Labute approximate surface area is 100 Å². The van der Waals surface area contributed by atoms with Gasteiger partial charge in [-0.3, -0.25) is 0 Å². The van der Waals surface area contributed by atoms with E-state index in [0.29, 0.717) is 11.5 Å². The predicted octanol–water partition coefficient (Wildman–Crippen LogP) is 3.05. The lowest BCUT2D eigenvalue weighted by atomic mass is 10.1. The lowest BCUT2D eigenvalue weighted by Gasteiger charge is -2.09. The van der Waals surface area contributed by atoms with Crippen LogP contribution in [-0.2, 0) is 6.54 Å². The molecule has 4 heteroatoms. The minimum absolute atomic E-state index is 0.191. The van der Waals surface area contributed by atoms with Crippen molar-refractivity contribution < 1.29 is 4.39 Å². The zero-order chi connectivity index (χ0) is 12.4. The highest BCUT2D eigenvalue weighted by Gasteiger charge is 2.09. The molecule has 0 radical (unpaired) electrons. The van der Waals surface area contributed by atoms with Gasteiger partial charge in [0.2, 0.25) is 0 Å². The topological polar surface area (TPSA) is 30.7 Å². The molecule has 0 bridgehead atoms. The van der Waals surface area contributed by atoms with E-state index in [1.165, 1.54) is 6.07 Å². The molecule has 1 aromatic carbocycles. The minimum Gasteiger partial charge on any atom is -0.313 e. The molecular weight excluding hydrogens is 217 g/mol. The molecule has 0 spiro atoms. The lowest BCUT2D eigenvalue weighted by molar-refractivity contribution is 0.525. The molecule has 0 saturated carbocycles. The number of halogens is 1. The van der Waals surface area contributed by atoms with Crippen LogP contribution < -0.4 is 0 Å². The van der Waals surface area contributed by atoms with Crippen LogP contribution in [0.5, 0.6) is 0 Å². The number of rotatable bonds is 3. The van der Waals surface area contributed by atoms with Crippen molar-refractivity contribution in [2.75, 3.05) is 0 Å². The highest BCUT2D eigenvalue weighted by atomic mass is 19.1. The molecule has 2 rings (SSSR count). The number of aromatic nitrogens is 3. The SMILES string of the molecule is Cc1cc(-c2nncn2CC(C)C)ccc1F. The fourth-order valence-electron chi connectivity index (χ4n) is 1.79. The van der Waals surface area contributed by atoms with Gasteiger partial charge in [-0.05, 0) is 36.6 Å². The second-order valence-electron chi connectivity index (χ2n) is 4.66. The summed E-state index contributed by atoms with van der Waals surface area (Å²) in [6, 6.07) is 5.01. The van der Waals surface area contributed by atoms with Gasteiger partial charge in [0.1, 0.15) is 12.1 Å². The summed E-state index contributed by atoms with van der Waals surface area (Å²) in [5, 5.41) is 8.02. The van der Waals surface area contributed by atoms with Gasteiger partial charge >= 0.3 is 0 Å². The van der Waals surface area contributed by atoms with Crippen molar-refractivity contribution in [2.45, 2.75) is 27.3 Å². The number of nitrogens with zero attached hydrogens (tertiary/aromatic N) is 3. The van der Waals surface area contributed by atoms with Crippen molar-refractivity contribution in [3.63, 3.8) is 0 Å². The van der Waals surface area contributed by atoms with Crippen molar-refractivity contribution in [3.8, 4) is 11.4 Å². The summed E-state index contributed by atoms with van der Waals surface area (Å²) in [5.41, 5.74) is 1.53. The fraction of sp³-hybridized carbons (Fsp3) is 0.385. The van der Waals surface area contributed by atoms with E-state index in [9.17, 15) is 4.39 Å². The largest absolute Gasteiger partial charge is 0.313 e. The third-order valence-corrected chi connectivity index (χ3v) is 2.59. The Morgan fingerprint density at radius 2 is 2.12 bits per heavy atom. The summed E-state index contributed by atoms with van der Waals surface area (Å²) in [6.45, 7) is 6.89. The molecule has 3 nitrogen and oxygen atoms in total. The molecule has 0 saturated heterocycles. The summed E-state index contributed by atoms with van der Waals surface area (Å²) >= 11 is 0. The third-order valence-electron chi connectivity index (χ3n) is 2.59. The van der Waals surface area contributed by atoms with E-state index in [2.05, 4.69) is 24.0 Å². The highest BCUT2D eigenvalue weighted by Crippen LogP contribution is 2.20. The average molecular weight is 233 g/mol. The van der Waals surface area contributed by atoms with Gasteiger partial charge in [0.05, 0.1) is 0 Å². The zero-order valence-corrected chi connectivity index (χ0v) is 10.3. The van der Waals surface area contributed by atoms with Crippen molar-refractivity contribution in [1.29, 1.82) is 0 Å². The molecular formula is C13H16FN3. The van der Waals surface area contributed by atoms with Crippen molar-refractivity contribution >= 4 is 0 Å². The van der Waals surface area contributed by atoms with Crippen LogP contribution in [0.25, 0.3) is 11.4 Å². The van der Waals surface area contributed by atoms with Gasteiger partial charge in [0, 0.05) is 12.1 Å². The second-order valence-corrected chi connectivity index (χ2v) is 4.66. The summed E-state index contributed by atoms with van der Waals surface area (Å²) in [6.07, 6.45) is 1.72. The smallest absolute Gasteiger partial charge is 0.163 e. The summed E-state index contributed by atoms with van der Waals surface area (Å²) in [7, 11) is 0. The van der Waals surface area contributed by atoms with Gasteiger partial charge in [-0.15, -0.1) is 10.2 Å². The maximum absolute atomic E-state index is 13.2. The number of aryl methyl sites for hydroxylation is 1. The van der Waals surface area contributed by atoms with Crippen LogP contribution >= 0.6 is 0 Å². The van der Waals surface area contributed by atoms with E-state index in [1.807, 2.05) is 4.57 Å². The molecule has 90 valence electrons. The first-order chi connectivity index (χ1) is 8.08. The fourth-order valence-corrected chi connectivity index (χ4v) is 1.79. The second kappa shape index (κ2) is 4.65.